The van der Waals surface area contributed by atoms with Gasteiger partial charge in [-0.1, -0.05) is 11.3 Å². The number of nitrogens with one attached hydrogen (secondary N) is 2. The van der Waals surface area contributed by atoms with Crippen LogP contribution in [0.5, 0.6) is 0 Å². The third-order valence-corrected chi connectivity index (χ3v) is 6.08. The number of thiazole rings is 1. The molecule has 0 unspecified atom stereocenters. The van der Waals surface area contributed by atoms with Crippen molar-refractivity contribution in [3.63, 3.8) is 0 Å². The molecule has 32 heavy (non-hydrogen) atoms. The van der Waals surface area contributed by atoms with E-state index in [0.717, 1.165) is 30.0 Å². The normalized spacial score (nSPS) is 14.8. The first-order valence-corrected chi connectivity index (χ1v) is 10.7. The average Bonchev–Trinajstić information content (AvgIpc) is 3.41. The molecule has 4 heterocycles. The van der Waals surface area contributed by atoms with Crippen molar-refractivity contribution in [2.24, 2.45) is 0 Å². The fourth-order valence-electron chi connectivity index (χ4n) is 3.32. The Balaban J connectivity index is 1.62. The van der Waals surface area contributed by atoms with Gasteiger partial charge in [-0.3, -0.25) is 5.10 Å². The van der Waals surface area contributed by atoms with Crippen molar-refractivity contribution in [1.82, 2.24) is 25.1 Å². The second kappa shape index (κ2) is 8.02. The summed E-state index contributed by atoms with van der Waals surface area (Å²) in [5.74, 6) is -4.28. The first-order chi connectivity index (χ1) is 15.4. The van der Waals surface area contributed by atoms with Crippen LogP contribution < -0.4 is 10.2 Å². The van der Waals surface area contributed by atoms with Gasteiger partial charge in [0.1, 0.15) is 10.5 Å². The van der Waals surface area contributed by atoms with Gasteiger partial charge in [0.05, 0.1) is 13.2 Å². The molecule has 0 aliphatic carbocycles. The zero-order valence-electron chi connectivity index (χ0n) is 16.9. The maximum Gasteiger partial charge on any atom is 0.331 e. The molecule has 8 nitrogen and oxygen atoms in total. The van der Waals surface area contributed by atoms with Gasteiger partial charge < -0.3 is 15.0 Å². The summed E-state index contributed by atoms with van der Waals surface area (Å²) in [6, 6.07) is 5.73. The van der Waals surface area contributed by atoms with Crippen molar-refractivity contribution < 1.29 is 17.9 Å². The highest BCUT2D eigenvalue weighted by Gasteiger charge is 2.39. The monoisotopic (exact) mass is 461 g/mol. The highest BCUT2D eigenvalue weighted by molar-refractivity contribution is 7.22. The molecule has 0 bridgehead atoms. The van der Waals surface area contributed by atoms with E-state index in [1.165, 1.54) is 11.3 Å². The number of fused-ring (bicyclic) bond motifs is 1. The Hall–Kier alpha value is -3.25. The van der Waals surface area contributed by atoms with E-state index in [2.05, 4.69) is 30.5 Å². The lowest BCUT2D eigenvalue weighted by Gasteiger charge is -2.25. The Bertz CT molecular complexity index is 1250. The first kappa shape index (κ1) is 20.6. The fraction of sp³-hybridized carbons (Fsp3) is 0.300. The minimum Gasteiger partial charge on any atom is -0.378 e. The Labute approximate surface area is 184 Å². The van der Waals surface area contributed by atoms with Crippen molar-refractivity contribution in [3.8, 4) is 0 Å². The van der Waals surface area contributed by atoms with Crippen LogP contribution in [0.4, 0.5) is 29.9 Å². The summed E-state index contributed by atoms with van der Waals surface area (Å²) in [4.78, 5) is 14.8. The highest BCUT2D eigenvalue weighted by atomic mass is 32.1. The van der Waals surface area contributed by atoms with Gasteiger partial charge in [-0.25, -0.2) is 14.4 Å². The number of H-pyrrole nitrogens is 1. The van der Waals surface area contributed by atoms with Gasteiger partial charge in [0.2, 0.25) is 5.82 Å². The predicted octanol–water partition coefficient (Wildman–Crippen LogP) is 3.98. The standard InChI is InChI=1S/C20H18F3N7OS/c1-11-10-14(29-28-11)24-16-15-17(27-19(32-15)30-6-8-31-9-7-30)26-18(25-16)20(22,23)12-2-4-13(21)5-3-12/h2-5,10H,6-9H2,1H3,(H2,24,25,26,28,29). The maximum atomic E-state index is 15.3. The van der Waals surface area contributed by atoms with Crippen LogP contribution in [0.1, 0.15) is 17.1 Å². The number of halogens is 3. The Morgan fingerprint density at radius 1 is 1.12 bits per heavy atom. The van der Waals surface area contributed by atoms with Gasteiger partial charge in [-0.15, -0.1) is 0 Å². The number of hydrogen-bond acceptors (Lipinski definition) is 8. The van der Waals surface area contributed by atoms with E-state index >= 15 is 8.78 Å². The van der Waals surface area contributed by atoms with Crippen molar-refractivity contribution in [2.45, 2.75) is 12.8 Å². The van der Waals surface area contributed by atoms with E-state index in [0.29, 0.717) is 42.0 Å². The zero-order chi connectivity index (χ0) is 22.3. The van der Waals surface area contributed by atoms with Crippen LogP contribution in [0.25, 0.3) is 10.3 Å². The quantitative estimate of drug-likeness (QED) is 0.465. The molecule has 0 amide bonds. The number of anilines is 3. The Morgan fingerprint density at radius 3 is 2.56 bits per heavy atom. The molecule has 0 spiro atoms. The summed E-state index contributed by atoms with van der Waals surface area (Å²) in [5.41, 5.74) is 0.537. The molecule has 2 N–H and O–H groups in total. The molecule has 0 saturated carbocycles. The number of ether oxygens (including phenoxy) is 1. The second-order valence-corrected chi connectivity index (χ2v) is 8.26. The molecule has 1 aliphatic heterocycles. The van der Waals surface area contributed by atoms with Gasteiger partial charge in [0, 0.05) is 30.4 Å². The zero-order valence-corrected chi connectivity index (χ0v) is 17.7. The van der Waals surface area contributed by atoms with E-state index < -0.39 is 23.1 Å². The van der Waals surface area contributed by atoms with Crippen molar-refractivity contribution in [1.29, 1.82) is 0 Å². The number of aromatic amines is 1. The van der Waals surface area contributed by atoms with Gasteiger partial charge >= 0.3 is 5.92 Å². The Morgan fingerprint density at radius 2 is 1.88 bits per heavy atom. The van der Waals surface area contributed by atoms with Crippen LogP contribution in [-0.2, 0) is 10.7 Å². The topological polar surface area (TPSA) is 91.8 Å². The minimum atomic E-state index is -3.55. The molecule has 4 aromatic rings. The summed E-state index contributed by atoms with van der Waals surface area (Å²) in [5, 5.41) is 10.6. The molecule has 1 fully saturated rings. The molecule has 0 atom stereocenters. The number of benzene rings is 1. The molecular formula is C20H18F3N7OS. The van der Waals surface area contributed by atoms with Crippen LogP contribution in [-0.4, -0.2) is 51.5 Å². The third-order valence-electron chi connectivity index (χ3n) is 4.96. The molecule has 1 aliphatic rings. The van der Waals surface area contributed by atoms with Gasteiger partial charge in [0.25, 0.3) is 0 Å². The number of rotatable bonds is 5. The lowest BCUT2D eigenvalue weighted by molar-refractivity contribution is 0.0332. The van der Waals surface area contributed by atoms with Crippen molar-refractivity contribution in [3.05, 3.63) is 53.2 Å². The molecule has 12 heteroatoms. The second-order valence-electron chi connectivity index (χ2n) is 7.29. The number of aromatic nitrogens is 5. The van der Waals surface area contributed by atoms with E-state index in [1.807, 2.05) is 11.8 Å². The summed E-state index contributed by atoms with van der Waals surface area (Å²) >= 11 is 1.31. The first-order valence-electron chi connectivity index (χ1n) is 9.85. The molecular weight excluding hydrogens is 443 g/mol. The van der Waals surface area contributed by atoms with Crippen LogP contribution in [0, 0.1) is 12.7 Å². The van der Waals surface area contributed by atoms with Gasteiger partial charge in [0.15, 0.2) is 22.4 Å². The molecule has 0 radical (unpaired) electrons. The van der Waals surface area contributed by atoms with Crippen molar-refractivity contribution >= 4 is 38.5 Å². The number of morpholine rings is 1. The lowest BCUT2D eigenvalue weighted by atomic mass is 10.1. The SMILES string of the molecule is Cc1cc(Nc2nc(C(F)(F)c3ccc(F)cc3)nc3nc(N4CCOCC4)sc23)n[nH]1. The number of nitrogens with zero attached hydrogens (tertiary/aromatic N) is 5. The van der Waals surface area contributed by atoms with Crippen LogP contribution in [0.15, 0.2) is 30.3 Å². The maximum absolute atomic E-state index is 15.3. The fourth-order valence-corrected chi connectivity index (χ4v) is 4.32. The van der Waals surface area contributed by atoms with Gasteiger partial charge in [-0.2, -0.15) is 18.9 Å². The van der Waals surface area contributed by atoms with E-state index in [9.17, 15) is 4.39 Å². The molecule has 1 aromatic carbocycles. The van der Waals surface area contributed by atoms with Gasteiger partial charge in [-0.05, 0) is 31.2 Å². The van der Waals surface area contributed by atoms with E-state index in [1.54, 1.807) is 6.07 Å². The van der Waals surface area contributed by atoms with Crippen LogP contribution in [0.2, 0.25) is 0 Å². The van der Waals surface area contributed by atoms with Crippen molar-refractivity contribution in [2.75, 3.05) is 36.5 Å². The smallest absolute Gasteiger partial charge is 0.331 e. The number of hydrogen-bond donors (Lipinski definition) is 2. The predicted molar refractivity (Wildman–Crippen MR) is 114 cm³/mol. The number of alkyl halides is 2. The molecule has 166 valence electrons. The molecule has 1 saturated heterocycles. The summed E-state index contributed by atoms with van der Waals surface area (Å²) in [6.07, 6.45) is 0. The van der Waals surface area contributed by atoms with Crippen LogP contribution >= 0.6 is 11.3 Å². The van der Waals surface area contributed by atoms with E-state index in [-0.39, 0.29) is 11.5 Å². The molecule has 3 aromatic heterocycles. The summed E-state index contributed by atoms with van der Waals surface area (Å²) < 4.78 is 49.7. The van der Waals surface area contributed by atoms with E-state index in [4.69, 9.17) is 4.74 Å². The third kappa shape index (κ3) is 3.86. The number of aryl methyl sites for hydroxylation is 1. The largest absolute Gasteiger partial charge is 0.378 e. The highest BCUT2D eigenvalue weighted by Crippen LogP contribution is 2.39. The lowest BCUT2D eigenvalue weighted by Crippen LogP contribution is -2.36. The molecule has 5 rings (SSSR count). The minimum absolute atomic E-state index is 0.151. The van der Waals surface area contributed by atoms with Crippen LogP contribution in [0.3, 0.4) is 0 Å². The average molecular weight is 461 g/mol. The summed E-state index contributed by atoms with van der Waals surface area (Å²) in [6.45, 7) is 4.24. The Kier molecular flexibility index (Phi) is 5.18. The summed E-state index contributed by atoms with van der Waals surface area (Å²) in [7, 11) is 0.